The number of rotatable bonds is 2. The summed E-state index contributed by atoms with van der Waals surface area (Å²) < 4.78 is 18.8. The van der Waals surface area contributed by atoms with E-state index in [-0.39, 0.29) is 77.8 Å². The SMILES string of the molecule is O=[Si][Si][Si]=O.[K+]. The molecule has 0 aromatic heterocycles. The standard InChI is InChI=1S/K.O2Si3/c;1-3-5-4-2/q+1;. The van der Waals surface area contributed by atoms with Gasteiger partial charge in [0.25, 0.3) is 0 Å². The molecule has 0 fully saturated rings. The first-order valence-electron chi connectivity index (χ1n) is 0.908. The van der Waals surface area contributed by atoms with Crippen LogP contribution in [0.3, 0.4) is 0 Å². The summed E-state index contributed by atoms with van der Waals surface area (Å²) in [6.45, 7) is 0. The Labute approximate surface area is 85.1 Å². The zero-order valence-electron chi connectivity index (χ0n) is 3.32. The van der Waals surface area contributed by atoms with Crippen LogP contribution in [0, 0.1) is 0 Å². The summed E-state index contributed by atoms with van der Waals surface area (Å²) in [6, 6.07) is 0. The molecule has 0 saturated carbocycles. The average molecular weight is 155 g/mol. The number of hydrogen-bond acceptors (Lipinski definition) is 2. The van der Waals surface area contributed by atoms with Crippen molar-refractivity contribution >= 4 is 26.4 Å². The van der Waals surface area contributed by atoms with Gasteiger partial charge in [-0.1, -0.05) is 0 Å². The number of hydrogen-bond donors (Lipinski definition) is 0. The van der Waals surface area contributed by atoms with Gasteiger partial charge in [0.2, 0.25) is 0 Å². The fourth-order valence-corrected chi connectivity index (χ4v) is 0.562. The summed E-state index contributed by atoms with van der Waals surface area (Å²) in [5.41, 5.74) is 0. The topological polar surface area (TPSA) is 34.1 Å². The molecular weight excluding hydrogens is 155 g/mol. The quantitative estimate of drug-likeness (QED) is 0.378. The smallest absolute Gasteiger partial charge is 0.390 e. The predicted octanol–water partition coefficient (Wildman–Crippen LogP) is -4.38. The Morgan fingerprint density at radius 3 is 1.33 bits per heavy atom. The van der Waals surface area contributed by atoms with Crippen LogP contribution in [0.4, 0.5) is 0 Å². The third-order valence-electron chi connectivity index (χ3n) is 0.102. The van der Waals surface area contributed by atoms with Gasteiger partial charge in [-0.05, 0) is 0 Å². The molecule has 0 aromatic carbocycles. The van der Waals surface area contributed by atoms with Gasteiger partial charge in [-0.15, -0.1) is 0 Å². The summed E-state index contributed by atoms with van der Waals surface area (Å²) in [5, 5.41) is 0. The van der Waals surface area contributed by atoms with Crippen LogP contribution in [0.5, 0.6) is 0 Å². The van der Waals surface area contributed by atoms with Gasteiger partial charge < -0.3 is 8.92 Å². The van der Waals surface area contributed by atoms with Crippen molar-refractivity contribution in [2.45, 2.75) is 0 Å². The second-order valence-corrected chi connectivity index (χ2v) is 5.21. The van der Waals surface area contributed by atoms with E-state index < -0.39 is 0 Å². The van der Waals surface area contributed by atoms with E-state index in [0.717, 1.165) is 0 Å². The molecule has 6 heteroatoms. The monoisotopic (exact) mass is 155 g/mol. The molecule has 0 aliphatic rings. The molecule has 0 heterocycles. The summed E-state index contributed by atoms with van der Waals surface area (Å²) in [4.78, 5) is 0. The van der Waals surface area contributed by atoms with Crippen molar-refractivity contribution in [2.24, 2.45) is 0 Å². The van der Waals surface area contributed by atoms with E-state index in [4.69, 9.17) is 0 Å². The summed E-state index contributed by atoms with van der Waals surface area (Å²) in [6.07, 6.45) is 0. The minimum Gasteiger partial charge on any atom is -0.390 e. The molecule has 2 nitrogen and oxygen atoms in total. The average Bonchev–Trinajstić information content (AvgIpc) is 1.41. The first kappa shape index (κ1) is 10.8. The Morgan fingerprint density at radius 1 is 1.00 bits per heavy atom. The van der Waals surface area contributed by atoms with Crippen LogP contribution in [0.2, 0.25) is 0 Å². The van der Waals surface area contributed by atoms with E-state index in [0.29, 0.717) is 0 Å². The maximum atomic E-state index is 9.38. The predicted molar refractivity (Wildman–Crippen MR) is 18.6 cm³/mol. The zero-order chi connectivity index (χ0) is 4.12. The fourth-order valence-electron chi connectivity index (χ4n) is 0.0208. The van der Waals surface area contributed by atoms with E-state index in [1.165, 1.54) is 0 Å². The molecule has 0 amide bonds. The van der Waals surface area contributed by atoms with Crippen molar-refractivity contribution in [2.75, 3.05) is 0 Å². The van der Waals surface area contributed by atoms with E-state index in [1.54, 1.807) is 0 Å². The Bertz CT molecular complexity index is 38.1. The third kappa shape index (κ3) is 9.31. The van der Waals surface area contributed by atoms with Gasteiger partial charge >= 0.3 is 69.2 Å². The van der Waals surface area contributed by atoms with Gasteiger partial charge in [0.05, 0.1) is 0 Å². The molecule has 6 heavy (non-hydrogen) atoms. The second kappa shape index (κ2) is 9.99. The second-order valence-electron chi connectivity index (χ2n) is 0.329. The van der Waals surface area contributed by atoms with Crippen LogP contribution < -0.4 is 51.4 Å². The molecule has 0 atom stereocenters. The Morgan fingerprint density at radius 2 is 1.33 bits per heavy atom. The first-order chi connectivity index (χ1) is 2.41. The van der Waals surface area contributed by atoms with Crippen LogP contribution in [0.25, 0.3) is 0 Å². The molecule has 4 radical (unpaired) electrons. The van der Waals surface area contributed by atoms with Gasteiger partial charge in [-0.3, -0.25) is 0 Å². The maximum absolute atomic E-state index is 9.38. The van der Waals surface area contributed by atoms with Crippen molar-refractivity contribution in [3.05, 3.63) is 0 Å². The summed E-state index contributed by atoms with van der Waals surface area (Å²) in [5.74, 6) is 0. The Hall–Kier alpha value is 1.89. The minimum atomic E-state index is -0.365. The molecule has 0 unspecified atom stereocenters. The molecule has 0 bridgehead atoms. The zero-order valence-corrected chi connectivity index (χ0v) is 9.44. The molecule has 0 N–H and O–H groups in total. The van der Waals surface area contributed by atoms with Crippen LogP contribution in [0.15, 0.2) is 0 Å². The van der Waals surface area contributed by atoms with Crippen molar-refractivity contribution < 1.29 is 60.3 Å². The summed E-state index contributed by atoms with van der Waals surface area (Å²) in [7, 11) is -0.587. The molecule has 0 rings (SSSR count). The van der Waals surface area contributed by atoms with Crippen LogP contribution in [-0.2, 0) is 8.92 Å². The van der Waals surface area contributed by atoms with Crippen molar-refractivity contribution in [1.29, 1.82) is 0 Å². The van der Waals surface area contributed by atoms with E-state index in [1.807, 2.05) is 0 Å². The third-order valence-corrected chi connectivity index (χ3v) is 2.76. The molecule has 0 aliphatic carbocycles. The van der Waals surface area contributed by atoms with Crippen LogP contribution in [0.1, 0.15) is 0 Å². The van der Waals surface area contributed by atoms with Gasteiger partial charge in [-0.2, -0.15) is 0 Å². The van der Waals surface area contributed by atoms with E-state index in [2.05, 4.69) is 0 Å². The molecule has 0 saturated heterocycles. The van der Waals surface area contributed by atoms with Crippen molar-refractivity contribution in [1.82, 2.24) is 0 Å². The fraction of sp³-hybridized carbons (Fsp3) is 0. The molecule has 0 spiro atoms. The van der Waals surface area contributed by atoms with Gasteiger partial charge in [0.15, 0.2) is 8.55 Å². The molecular formula is KO2Si3+. The Balaban J connectivity index is 0. The van der Waals surface area contributed by atoms with Crippen LogP contribution in [-0.4, -0.2) is 26.4 Å². The largest absolute Gasteiger partial charge is 1.00 e. The van der Waals surface area contributed by atoms with E-state index in [9.17, 15) is 8.92 Å². The van der Waals surface area contributed by atoms with Gasteiger partial charge in [0.1, 0.15) is 0 Å². The molecule has 24 valence electrons. The molecule has 0 aliphatic heterocycles. The van der Waals surface area contributed by atoms with Crippen LogP contribution >= 0.6 is 0 Å². The normalized spacial score (nSPS) is 5.33. The van der Waals surface area contributed by atoms with Crippen molar-refractivity contribution in [3.63, 3.8) is 0 Å². The molecule has 0 aromatic rings. The Kier molecular flexibility index (Phi) is 18.0. The van der Waals surface area contributed by atoms with Crippen molar-refractivity contribution in [3.8, 4) is 0 Å². The summed E-state index contributed by atoms with van der Waals surface area (Å²) >= 11 is 0. The van der Waals surface area contributed by atoms with E-state index >= 15 is 0 Å². The van der Waals surface area contributed by atoms with Gasteiger partial charge in [-0.25, -0.2) is 0 Å². The maximum Gasteiger partial charge on any atom is 1.00 e. The first-order valence-corrected chi connectivity index (χ1v) is 5.72. The minimum absolute atomic E-state index is 0. The van der Waals surface area contributed by atoms with Gasteiger partial charge in [0, 0.05) is 0 Å².